The highest BCUT2D eigenvalue weighted by atomic mass is 16.5. The van der Waals surface area contributed by atoms with Crippen molar-refractivity contribution in [1.82, 2.24) is 0 Å². The van der Waals surface area contributed by atoms with Crippen LogP contribution in [0.3, 0.4) is 0 Å². The van der Waals surface area contributed by atoms with Crippen molar-refractivity contribution in [2.75, 3.05) is 0 Å². The van der Waals surface area contributed by atoms with Gasteiger partial charge in [-0.2, -0.15) is 0 Å². The highest BCUT2D eigenvalue weighted by Crippen LogP contribution is 2.30. The highest BCUT2D eigenvalue weighted by molar-refractivity contribution is 5.44. The van der Waals surface area contributed by atoms with Crippen molar-refractivity contribution in [3.05, 3.63) is 108 Å². The van der Waals surface area contributed by atoms with E-state index in [1.807, 2.05) is 78.9 Å². The summed E-state index contributed by atoms with van der Waals surface area (Å²) in [6.07, 6.45) is 0.390. The summed E-state index contributed by atoms with van der Waals surface area (Å²) in [6.45, 7) is 4.47. The largest absolute Gasteiger partial charge is 0.513 e. The third-order valence-electron chi connectivity index (χ3n) is 3.89. The maximum Gasteiger partial charge on any atom is 0.161 e. The molecule has 0 aliphatic rings. The number of ether oxygens (including phenoxy) is 2. The summed E-state index contributed by atoms with van der Waals surface area (Å²) in [7, 11) is 0. The molecule has 3 aromatic carbocycles. The van der Waals surface area contributed by atoms with Crippen LogP contribution in [-0.4, -0.2) is 5.11 Å². The number of aliphatic hydroxyl groups excluding tert-OH is 1. The van der Waals surface area contributed by atoms with Gasteiger partial charge < -0.3 is 14.6 Å². The van der Waals surface area contributed by atoms with Gasteiger partial charge in [0.15, 0.2) is 11.5 Å². The molecular formula is C23H22O3. The average Bonchev–Trinajstić information content (AvgIpc) is 2.67. The minimum absolute atomic E-state index is 0.122. The number of allylic oxidation sites excluding steroid dienone is 1. The molecule has 132 valence electrons. The number of aliphatic hydroxyl groups is 1. The van der Waals surface area contributed by atoms with E-state index in [9.17, 15) is 5.11 Å². The van der Waals surface area contributed by atoms with E-state index in [2.05, 4.69) is 6.58 Å². The first-order valence-corrected chi connectivity index (χ1v) is 8.54. The molecule has 0 spiro atoms. The SMILES string of the molecule is C=C(O)Cc1ccc(OCc2ccccc2)c(OCc2ccccc2)c1. The molecule has 0 heterocycles. The van der Waals surface area contributed by atoms with Crippen LogP contribution in [0.2, 0.25) is 0 Å². The van der Waals surface area contributed by atoms with Crippen molar-refractivity contribution in [3.8, 4) is 11.5 Å². The first kappa shape index (κ1) is 17.6. The molecule has 26 heavy (non-hydrogen) atoms. The van der Waals surface area contributed by atoms with Crippen LogP contribution >= 0.6 is 0 Å². The molecule has 0 saturated heterocycles. The van der Waals surface area contributed by atoms with E-state index in [-0.39, 0.29) is 5.76 Å². The Labute approximate surface area is 154 Å². The molecule has 0 radical (unpaired) electrons. The van der Waals surface area contributed by atoms with Gasteiger partial charge >= 0.3 is 0 Å². The lowest BCUT2D eigenvalue weighted by Gasteiger charge is -2.14. The Morgan fingerprint density at radius 2 is 1.23 bits per heavy atom. The van der Waals surface area contributed by atoms with Gasteiger partial charge in [-0.05, 0) is 28.8 Å². The Balaban J connectivity index is 1.76. The van der Waals surface area contributed by atoms with Gasteiger partial charge in [0.25, 0.3) is 0 Å². The maximum absolute atomic E-state index is 9.46. The summed E-state index contributed by atoms with van der Waals surface area (Å²) in [6, 6.07) is 25.7. The van der Waals surface area contributed by atoms with Gasteiger partial charge in [0.05, 0.1) is 5.76 Å². The Bertz CT molecular complexity index is 842. The van der Waals surface area contributed by atoms with Crippen molar-refractivity contribution in [2.45, 2.75) is 19.6 Å². The maximum atomic E-state index is 9.46. The van der Waals surface area contributed by atoms with Gasteiger partial charge in [0.1, 0.15) is 13.2 Å². The Morgan fingerprint density at radius 1 is 0.692 bits per heavy atom. The lowest BCUT2D eigenvalue weighted by Crippen LogP contribution is -2.01. The van der Waals surface area contributed by atoms with E-state index < -0.39 is 0 Å². The zero-order chi connectivity index (χ0) is 18.2. The summed E-state index contributed by atoms with van der Waals surface area (Å²) < 4.78 is 12.0. The quantitative estimate of drug-likeness (QED) is 0.551. The molecule has 1 N–H and O–H groups in total. The molecule has 0 saturated carbocycles. The lowest BCUT2D eigenvalue weighted by atomic mass is 10.1. The van der Waals surface area contributed by atoms with Crippen molar-refractivity contribution < 1.29 is 14.6 Å². The monoisotopic (exact) mass is 346 g/mol. The lowest BCUT2D eigenvalue weighted by molar-refractivity contribution is 0.255. The topological polar surface area (TPSA) is 38.7 Å². The molecule has 3 aromatic rings. The van der Waals surface area contributed by atoms with E-state index in [0.29, 0.717) is 31.1 Å². The van der Waals surface area contributed by atoms with Crippen LogP contribution in [0.25, 0.3) is 0 Å². The highest BCUT2D eigenvalue weighted by Gasteiger charge is 2.09. The molecule has 3 heteroatoms. The molecule has 0 amide bonds. The minimum Gasteiger partial charge on any atom is -0.513 e. The molecule has 0 aromatic heterocycles. The average molecular weight is 346 g/mol. The molecular weight excluding hydrogens is 324 g/mol. The number of hydrogen-bond acceptors (Lipinski definition) is 3. The first-order valence-electron chi connectivity index (χ1n) is 8.54. The van der Waals surface area contributed by atoms with Crippen LogP contribution in [0.4, 0.5) is 0 Å². The summed E-state index contributed by atoms with van der Waals surface area (Å²) in [5.41, 5.74) is 3.10. The van der Waals surface area contributed by atoms with Gasteiger partial charge in [0, 0.05) is 6.42 Å². The van der Waals surface area contributed by atoms with E-state index >= 15 is 0 Å². The van der Waals surface area contributed by atoms with Crippen molar-refractivity contribution in [3.63, 3.8) is 0 Å². The Kier molecular flexibility index (Phi) is 5.94. The van der Waals surface area contributed by atoms with Crippen LogP contribution in [0.5, 0.6) is 11.5 Å². The van der Waals surface area contributed by atoms with Crippen LogP contribution in [0, 0.1) is 0 Å². The van der Waals surface area contributed by atoms with Crippen LogP contribution in [0.15, 0.2) is 91.2 Å². The van der Waals surface area contributed by atoms with Gasteiger partial charge in [-0.1, -0.05) is 73.3 Å². The van der Waals surface area contributed by atoms with Crippen LogP contribution < -0.4 is 9.47 Å². The van der Waals surface area contributed by atoms with E-state index in [1.165, 1.54) is 0 Å². The van der Waals surface area contributed by atoms with Crippen molar-refractivity contribution >= 4 is 0 Å². The van der Waals surface area contributed by atoms with Crippen molar-refractivity contribution in [2.24, 2.45) is 0 Å². The number of benzene rings is 3. The molecule has 0 unspecified atom stereocenters. The Hall–Kier alpha value is -3.20. The van der Waals surface area contributed by atoms with Gasteiger partial charge in [-0.3, -0.25) is 0 Å². The fourth-order valence-electron chi connectivity index (χ4n) is 2.60. The summed E-state index contributed by atoms with van der Waals surface area (Å²) >= 11 is 0. The van der Waals surface area contributed by atoms with Crippen LogP contribution in [-0.2, 0) is 19.6 Å². The molecule has 3 nitrogen and oxygen atoms in total. The zero-order valence-electron chi connectivity index (χ0n) is 14.6. The second-order valence-corrected chi connectivity index (χ2v) is 6.07. The fourth-order valence-corrected chi connectivity index (χ4v) is 2.60. The normalized spacial score (nSPS) is 10.3. The summed E-state index contributed by atoms with van der Waals surface area (Å²) in [4.78, 5) is 0. The summed E-state index contributed by atoms with van der Waals surface area (Å²) in [5, 5.41) is 9.46. The van der Waals surface area contributed by atoms with Gasteiger partial charge in [-0.15, -0.1) is 0 Å². The van der Waals surface area contributed by atoms with Gasteiger partial charge in [-0.25, -0.2) is 0 Å². The fraction of sp³-hybridized carbons (Fsp3) is 0.130. The van der Waals surface area contributed by atoms with E-state index in [0.717, 1.165) is 16.7 Å². The molecule has 0 aliphatic carbocycles. The molecule has 0 atom stereocenters. The summed E-state index contributed by atoms with van der Waals surface area (Å²) in [5.74, 6) is 1.46. The predicted octanol–water partition coefficient (Wildman–Crippen LogP) is 5.46. The standard InChI is InChI=1S/C23H22O3/c1-18(24)14-21-12-13-22(25-16-19-8-4-2-5-9-19)23(15-21)26-17-20-10-6-3-7-11-20/h2-13,15,24H,1,14,16-17H2. The minimum atomic E-state index is 0.122. The third-order valence-corrected chi connectivity index (χ3v) is 3.89. The Morgan fingerprint density at radius 3 is 1.77 bits per heavy atom. The predicted molar refractivity (Wildman–Crippen MR) is 103 cm³/mol. The smallest absolute Gasteiger partial charge is 0.161 e. The molecule has 0 fully saturated rings. The number of rotatable bonds is 8. The molecule has 0 aliphatic heterocycles. The second-order valence-electron chi connectivity index (χ2n) is 6.07. The van der Waals surface area contributed by atoms with E-state index in [1.54, 1.807) is 0 Å². The van der Waals surface area contributed by atoms with E-state index in [4.69, 9.17) is 9.47 Å². The van der Waals surface area contributed by atoms with Gasteiger partial charge in [0.2, 0.25) is 0 Å². The number of hydrogen-bond donors (Lipinski definition) is 1. The van der Waals surface area contributed by atoms with Crippen molar-refractivity contribution in [1.29, 1.82) is 0 Å². The first-order chi connectivity index (χ1) is 12.7. The zero-order valence-corrected chi connectivity index (χ0v) is 14.6. The second kappa shape index (κ2) is 8.77. The molecule has 3 rings (SSSR count). The third kappa shape index (κ3) is 5.15. The molecule has 0 bridgehead atoms. The van der Waals surface area contributed by atoms with Crippen LogP contribution in [0.1, 0.15) is 16.7 Å².